The van der Waals surface area contributed by atoms with E-state index >= 15 is 0 Å². The second-order valence-electron chi connectivity index (χ2n) is 8.34. The highest BCUT2D eigenvalue weighted by atomic mass is 16.5. The maximum atomic E-state index is 13.1. The summed E-state index contributed by atoms with van der Waals surface area (Å²) in [7, 11) is 1.55. The van der Waals surface area contributed by atoms with Gasteiger partial charge >= 0.3 is 6.03 Å². The van der Waals surface area contributed by atoms with Crippen LogP contribution >= 0.6 is 0 Å². The van der Waals surface area contributed by atoms with E-state index in [1.807, 2.05) is 11.0 Å². The second kappa shape index (κ2) is 9.63. The van der Waals surface area contributed by atoms with Crippen LogP contribution in [0.3, 0.4) is 0 Å². The lowest BCUT2D eigenvalue weighted by Crippen LogP contribution is -2.51. The molecule has 0 saturated carbocycles. The summed E-state index contributed by atoms with van der Waals surface area (Å²) < 4.78 is 16.3. The van der Waals surface area contributed by atoms with Crippen molar-refractivity contribution in [1.29, 1.82) is 0 Å². The maximum Gasteiger partial charge on any atom is 0.344 e. The number of hydrogen-bond donors (Lipinski definition) is 2. The Bertz CT molecular complexity index is 987. The molecule has 2 aliphatic rings. The van der Waals surface area contributed by atoms with E-state index in [2.05, 4.69) is 10.7 Å². The van der Waals surface area contributed by atoms with Crippen molar-refractivity contribution in [2.45, 2.75) is 38.0 Å². The number of imide groups is 1. The standard InChI is InChI=1S/C23H28N4O6/c1-23(16-7-9-17(31-2)10-8-16)21(29)27(22(30)24-23)25-20(28)15-26(13-18-5-3-11-32-18)14-19-6-4-12-33-19/h3,5,7-11,19H,4,6,12-15H2,1-2H3,(H,24,30)(H,25,28). The van der Waals surface area contributed by atoms with Crippen molar-refractivity contribution in [3.05, 3.63) is 54.0 Å². The predicted octanol–water partition coefficient (Wildman–Crippen LogP) is 1.77. The largest absolute Gasteiger partial charge is 0.497 e. The Labute approximate surface area is 191 Å². The molecule has 0 spiro atoms. The summed E-state index contributed by atoms with van der Waals surface area (Å²) in [6, 6.07) is 9.75. The third-order valence-electron chi connectivity index (χ3n) is 5.91. The van der Waals surface area contributed by atoms with E-state index in [-0.39, 0.29) is 12.6 Å². The van der Waals surface area contributed by atoms with Gasteiger partial charge in [-0.05, 0) is 49.6 Å². The van der Waals surface area contributed by atoms with Crippen LogP contribution in [-0.2, 0) is 26.4 Å². The molecule has 10 nitrogen and oxygen atoms in total. The van der Waals surface area contributed by atoms with Crippen LogP contribution in [0, 0.1) is 0 Å². The molecule has 4 amide bonds. The van der Waals surface area contributed by atoms with Gasteiger partial charge in [0, 0.05) is 13.2 Å². The first-order valence-electron chi connectivity index (χ1n) is 10.9. The van der Waals surface area contributed by atoms with E-state index in [9.17, 15) is 14.4 Å². The van der Waals surface area contributed by atoms with Crippen LogP contribution in [-0.4, -0.2) is 60.7 Å². The van der Waals surface area contributed by atoms with Gasteiger partial charge in [0.05, 0.1) is 32.6 Å². The summed E-state index contributed by atoms with van der Waals surface area (Å²) in [5.41, 5.74) is 1.73. The highest BCUT2D eigenvalue weighted by Gasteiger charge is 2.50. The molecule has 2 aromatic rings. The fourth-order valence-electron chi connectivity index (χ4n) is 4.11. The molecule has 1 aromatic heterocycles. The number of methoxy groups -OCH3 is 1. The molecule has 2 aliphatic heterocycles. The van der Waals surface area contributed by atoms with Gasteiger partial charge in [-0.25, -0.2) is 4.79 Å². The molecule has 2 N–H and O–H groups in total. The highest BCUT2D eigenvalue weighted by Crippen LogP contribution is 2.29. The number of rotatable bonds is 9. The average molecular weight is 456 g/mol. The minimum atomic E-state index is -1.30. The van der Waals surface area contributed by atoms with Gasteiger partial charge in [0.25, 0.3) is 11.8 Å². The smallest absolute Gasteiger partial charge is 0.344 e. The number of ether oxygens (including phenoxy) is 2. The number of carbonyl (C=O) groups excluding carboxylic acids is 3. The van der Waals surface area contributed by atoms with Crippen molar-refractivity contribution in [2.24, 2.45) is 0 Å². The van der Waals surface area contributed by atoms with Gasteiger partial charge in [-0.2, -0.15) is 5.01 Å². The number of furan rings is 1. The van der Waals surface area contributed by atoms with Crippen LogP contribution < -0.4 is 15.5 Å². The molecule has 0 radical (unpaired) electrons. The first-order chi connectivity index (χ1) is 15.9. The Balaban J connectivity index is 1.42. The van der Waals surface area contributed by atoms with Crippen LogP contribution in [0.5, 0.6) is 5.75 Å². The number of benzene rings is 1. The Kier molecular flexibility index (Phi) is 6.66. The van der Waals surface area contributed by atoms with E-state index < -0.39 is 23.4 Å². The van der Waals surface area contributed by atoms with Gasteiger partial charge < -0.3 is 19.2 Å². The van der Waals surface area contributed by atoms with Crippen LogP contribution in [0.4, 0.5) is 4.79 Å². The summed E-state index contributed by atoms with van der Waals surface area (Å²) in [6.45, 7) is 3.22. The quantitative estimate of drug-likeness (QED) is 0.553. The average Bonchev–Trinajstić information content (AvgIpc) is 3.54. The Morgan fingerprint density at radius 3 is 2.73 bits per heavy atom. The Morgan fingerprint density at radius 1 is 1.30 bits per heavy atom. The molecule has 33 heavy (non-hydrogen) atoms. The molecular formula is C23H28N4O6. The molecule has 2 unspecified atom stereocenters. The van der Waals surface area contributed by atoms with Gasteiger partial charge in [0.1, 0.15) is 17.0 Å². The molecule has 0 bridgehead atoms. The molecule has 0 aliphatic carbocycles. The molecule has 1 aromatic carbocycles. The van der Waals surface area contributed by atoms with Gasteiger partial charge in [0.15, 0.2) is 0 Å². The monoisotopic (exact) mass is 456 g/mol. The lowest BCUT2D eigenvalue weighted by Gasteiger charge is -2.25. The van der Waals surface area contributed by atoms with Gasteiger partial charge in [-0.15, -0.1) is 0 Å². The minimum absolute atomic E-state index is 0.0304. The van der Waals surface area contributed by atoms with E-state index in [4.69, 9.17) is 13.9 Å². The van der Waals surface area contributed by atoms with Crippen molar-refractivity contribution >= 4 is 17.8 Å². The first kappa shape index (κ1) is 22.8. The molecule has 2 saturated heterocycles. The SMILES string of the molecule is COc1ccc(C2(C)NC(=O)N(NC(=O)CN(Cc3ccco3)CC3CCCO3)C2=O)cc1. The Morgan fingerprint density at radius 2 is 2.09 bits per heavy atom. The molecule has 10 heteroatoms. The topological polar surface area (TPSA) is 113 Å². The fraction of sp³-hybridized carbons (Fsp3) is 0.435. The minimum Gasteiger partial charge on any atom is -0.497 e. The highest BCUT2D eigenvalue weighted by molar-refractivity contribution is 6.08. The molecular weight excluding hydrogens is 428 g/mol. The van der Waals surface area contributed by atoms with Gasteiger partial charge in [0.2, 0.25) is 0 Å². The third-order valence-corrected chi connectivity index (χ3v) is 5.91. The third kappa shape index (κ3) is 5.01. The van der Waals surface area contributed by atoms with E-state index in [1.165, 1.54) is 0 Å². The van der Waals surface area contributed by atoms with Crippen molar-refractivity contribution in [3.63, 3.8) is 0 Å². The number of hydrazine groups is 1. The number of hydrogen-bond acceptors (Lipinski definition) is 7. The predicted molar refractivity (Wildman–Crippen MR) is 117 cm³/mol. The number of nitrogens with one attached hydrogen (secondary N) is 2. The number of urea groups is 1. The van der Waals surface area contributed by atoms with Crippen LogP contribution in [0.25, 0.3) is 0 Å². The Hall–Kier alpha value is -3.37. The number of amides is 4. The summed E-state index contributed by atoms with van der Waals surface area (Å²) >= 11 is 0. The van der Waals surface area contributed by atoms with E-state index in [1.54, 1.807) is 50.6 Å². The van der Waals surface area contributed by atoms with E-state index in [0.717, 1.165) is 17.9 Å². The lowest BCUT2D eigenvalue weighted by atomic mass is 9.92. The van der Waals surface area contributed by atoms with Crippen LogP contribution in [0.2, 0.25) is 0 Å². The second-order valence-corrected chi connectivity index (χ2v) is 8.34. The zero-order valence-electron chi connectivity index (χ0n) is 18.7. The summed E-state index contributed by atoms with van der Waals surface area (Å²) in [5.74, 6) is 0.291. The fourth-order valence-corrected chi connectivity index (χ4v) is 4.11. The normalized spacial score (nSPS) is 22.6. The van der Waals surface area contributed by atoms with Gasteiger partial charge in [-0.1, -0.05) is 12.1 Å². The summed E-state index contributed by atoms with van der Waals surface area (Å²) in [6.07, 6.45) is 3.51. The molecule has 4 rings (SSSR count). The van der Waals surface area contributed by atoms with Crippen molar-refractivity contribution in [2.75, 3.05) is 26.8 Å². The molecule has 2 fully saturated rings. The summed E-state index contributed by atoms with van der Waals surface area (Å²) in [4.78, 5) is 40.4. The van der Waals surface area contributed by atoms with Crippen LogP contribution in [0.1, 0.15) is 31.1 Å². The van der Waals surface area contributed by atoms with Crippen molar-refractivity contribution < 1.29 is 28.3 Å². The van der Waals surface area contributed by atoms with Crippen LogP contribution in [0.15, 0.2) is 47.1 Å². The van der Waals surface area contributed by atoms with Crippen molar-refractivity contribution in [1.82, 2.24) is 20.7 Å². The van der Waals surface area contributed by atoms with Gasteiger partial charge in [-0.3, -0.25) is 19.9 Å². The zero-order valence-corrected chi connectivity index (χ0v) is 18.7. The lowest BCUT2D eigenvalue weighted by molar-refractivity contribution is -0.139. The molecule has 176 valence electrons. The molecule has 2 atom stereocenters. The maximum absolute atomic E-state index is 13.1. The zero-order chi connectivity index (χ0) is 23.4. The molecule has 3 heterocycles. The van der Waals surface area contributed by atoms with E-state index in [0.29, 0.717) is 36.8 Å². The van der Waals surface area contributed by atoms with Crippen molar-refractivity contribution in [3.8, 4) is 5.75 Å². The number of carbonyl (C=O) groups is 3. The summed E-state index contributed by atoms with van der Waals surface area (Å²) in [5, 5.41) is 3.41. The number of nitrogens with zero attached hydrogens (tertiary/aromatic N) is 2. The first-order valence-corrected chi connectivity index (χ1v) is 10.9.